The van der Waals surface area contributed by atoms with E-state index in [-0.39, 0.29) is 18.1 Å². The van der Waals surface area contributed by atoms with E-state index in [1.807, 2.05) is 24.3 Å². The molecule has 180 valence electrons. The normalized spacial score (nSPS) is 20.3. The Morgan fingerprint density at radius 1 is 1.21 bits per heavy atom. The van der Waals surface area contributed by atoms with E-state index >= 15 is 0 Å². The van der Waals surface area contributed by atoms with Gasteiger partial charge in [-0.1, -0.05) is 17.7 Å². The summed E-state index contributed by atoms with van der Waals surface area (Å²) in [5.74, 6) is 1.16. The van der Waals surface area contributed by atoms with E-state index in [1.54, 1.807) is 12.1 Å². The van der Waals surface area contributed by atoms with Crippen molar-refractivity contribution in [2.24, 2.45) is 0 Å². The second kappa shape index (κ2) is 10.4. The van der Waals surface area contributed by atoms with Gasteiger partial charge in [0.2, 0.25) is 0 Å². The Labute approximate surface area is 208 Å². The molecule has 2 aromatic rings. The zero-order valence-electron chi connectivity index (χ0n) is 18.9. The lowest BCUT2D eigenvalue weighted by Crippen LogP contribution is -2.31. The molecule has 1 unspecified atom stereocenters. The number of amidine groups is 1. The standard InChI is InChI=1S/C25H29ClN4O3S/c26-23-10-9-22(34-23)25(31)28-15-18-14-20(29-33-18)19-8-7-16(24(27)30-11-3-4-12-30)13-21(19)32-17-5-1-2-6-17/h7-10,13-14,17-18,27,29H,1-6,11-12,15H2,(H,28,31). The van der Waals surface area contributed by atoms with Gasteiger partial charge in [0.15, 0.2) is 0 Å². The molecule has 1 aromatic carbocycles. The van der Waals surface area contributed by atoms with Gasteiger partial charge in [-0.15, -0.1) is 11.3 Å². The van der Waals surface area contributed by atoms with E-state index in [1.165, 1.54) is 24.2 Å². The molecule has 34 heavy (non-hydrogen) atoms. The number of nitrogens with zero attached hydrogens (tertiary/aromatic N) is 1. The van der Waals surface area contributed by atoms with Gasteiger partial charge in [0, 0.05) is 24.2 Å². The molecule has 0 radical (unpaired) electrons. The van der Waals surface area contributed by atoms with Gasteiger partial charge in [-0.05, 0) is 68.9 Å². The van der Waals surface area contributed by atoms with Crippen LogP contribution in [0.25, 0.3) is 5.70 Å². The summed E-state index contributed by atoms with van der Waals surface area (Å²) in [5.41, 5.74) is 5.60. The van der Waals surface area contributed by atoms with Crippen LogP contribution in [0.1, 0.15) is 59.3 Å². The van der Waals surface area contributed by atoms with E-state index in [9.17, 15) is 4.79 Å². The van der Waals surface area contributed by atoms with Crippen LogP contribution in [0, 0.1) is 5.41 Å². The summed E-state index contributed by atoms with van der Waals surface area (Å²) in [6.45, 7) is 2.21. The van der Waals surface area contributed by atoms with Crippen LogP contribution >= 0.6 is 22.9 Å². The highest BCUT2D eigenvalue weighted by molar-refractivity contribution is 7.18. The Hall–Kier alpha value is -2.55. The number of benzene rings is 1. The van der Waals surface area contributed by atoms with Crippen LogP contribution < -0.4 is 15.5 Å². The lowest BCUT2D eigenvalue weighted by molar-refractivity contribution is 0.0498. The molecule has 1 atom stereocenters. The van der Waals surface area contributed by atoms with Gasteiger partial charge >= 0.3 is 0 Å². The smallest absolute Gasteiger partial charge is 0.261 e. The quantitative estimate of drug-likeness (QED) is 0.375. The predicted octanol–water partition coefficient (Wildman–Crippen LogP) is 4.82. The number of rotatable bonds is 7. The molecular weight excluding hydrogens is 472 g/mol. The maximum absolute atomic E-state index is 12.3. The molecule has 2 aliphatic heterocycles. The van der Waals surface area contributed by atoms with Crippen molar-refractivity contribution in [3.63, 3.8) is 0 Å². The Kier molecular flexibility index (Phi) is 7.08. The summed E-state index contributed by atoms with van der Waals surface area (Å²) >= 11 is 7.18. The molecule has 3 aliphatic rings. The molecule has 5 rings (SSSR count). The van der Waals surface area contributed by atoms with Gasteiger partial charge in [-0.3, -0.25) is 20.5 Å². The van der Waals surface area contributed by atoms with Crippen molar-refractivity contribution in [3.05, 3.63) is 56.7 Å². The number of ether oxygens (including phenoxy) is 1. The fourth-order valence-corrected chi connectivity index (χ4v) is 5.61. The highest BCUT2D eigenvalue weighted by Crippen LogP contribution is 2.33. The minimum Gasteiger partial charge on any atom is -0.490 e. The Morgan fingerprint density at radius 2 is 2.00 bits per heavy atom. The van der Waals surface area contributed by atoms with Gasteiger partial charge in [0.1, 0.15) is 17.7 Å². The number of thiophene rings is 1. The van der Waals surface area contributed by atoms with Crippen LogP contribution in [0.2, 0.25) is 4.34 Å². The van der Waals surface area contributed by atoms with E-state index in [4.69, 9.17) is 26.6 Å². The maximum atomic E-state index is 12.3. The third kappa shape index (κ3) is 5.24. The Balaban J connectivity index is 1.31. The SMILES string of the molecule is N=C(c1ccc(C2=CC(CNC(=O)c3ccc(Cl)s3)ON2)c(OC2CCCC2)c1)N1CCCC1. The van der Waals surface area contributed by atoms with Crippen molar-refractivity contribution in [2.75, 3.05) is 19.6 Å². The number of nitrogens with one attached hydrogen (secondary N) is 3. The topological polar surface area (TPSA) is 86.7 Å². The van der Waals surface area contributed by atoms with Gasteiger partial charge in [-0.25, -0.2) is 0 Å². The summed E-state index contributed by atoms with van der Waals surface area (Å²) in [6, 6.07) is 9.40. The Morgan fingerprint density at radius 3 is 2.74 bits per heavy atom. The lowest BCUT2D eigenvalue weighted by atomic mass is 10.1. The van der Waals surface area contributed by atoms with Crippen molar-refractivity contribution in [1.82, 2.24) is 15.7 Å². The first-order valence-corrected chi connectivity index (χ1v) is 13.1. The van der Waals surface area contributed by atoms with Crippen molar-refractivity contribution in [3.8, 4) is 5.75 Å². The molecule has 1 amide bonds. The predicted molar refractivity (Wildman–Crippen MR) is 135 cm³/mol. The molecule has 1 saturated carbocycles. The van der Waals surface area contributed by atoms with E-state index in [2.05, 4.69) is 15.7 Å². The summed E-state index contributed by atoms with van der Waals surface area (Å²) in [6.07, 6.45) is 8.60. The average molecular weight is 501 g/mol. The minimum atomic E-state index is -0.309. The number of hydrogen-bond donors (Lipinski definition) is 3. The highest BCUT2D eigenvalue weighted by atomic mass is 35.5. The summed E-state index contributed by atoms with van der Waals surface area (Å²) in [7, 11) is 0. The summed E-state index contributed by atoms with van der Waals surface area (Å²) in [4.78, 5) is 20.7. The highest BCUT2D eigenvalue weighted by Gasteiger charge is 2.25. The van der Waals surface area contributed by atoms with Crippen molar-refractivity contribution < 1.29 is 14.4 Å². The molecule has 1 aliphatic carbocycles. The number of likely N-dealkylation sites (tertiary alicyclic amines) is 1. The molecule has 3 heterocycles. The molecule has 2 fully saturated rings. The first-order chi connectivity index (χ1) is 16.6. The van der Waals surface area contributed by atoms with E-state index in [0.29, 0.717) is 21.6 Å². The number of carbonyl (C=O) groups excluding carboxylic acids is 1. The van der Waals surface area contributed by atoms with Crippen molar-refractivity contribution in [1.29, 1.82) is 5.41 Å². The molecule has 3 N–H and O–H groups in total. The maximum Gasteiger partial charge on any atom is 0.261 e. The second-order valence-electron chi connectivity index (χ2n) is 8.93. The molecule has 0 spiro atoms. The minimum absolute atomic E-state index is 0.169. The first-order valence-electron chi connectivity index (χ1n) is 11.9. The molecule has 1 aromatic heterocycles. The van der Waals surface area contributed by atoms with Crippen LogP contribution in [0.4, 0.5) is 0 Å². The average Bonchev–Trinajstić information content (AvgIpc) is 3.65. The van der Waals surface area contributed by atoms with Crippen LogP contribution in [-0.2, 0) is 4.84 Å². The van der Waals surface area contributed by atoms with Crippen LogP contribution in [0.3, 0.4) is 0 Å². The van der Waals surface area contributed by atoms with Crippen LogP contribution in [0.15, 0.2) is 36.4 Å². The largest absolute Gasteiger partial charge is 0.490 e. The number of carbonyl (C=O) groups is 1. The van der Waals surface area contributed by atoms with Gasteiger partial charge in [-0.2, -0.15) is 0 Å². The zero-order chi connectivity index (χ0) is 23.5. The monoisotopic (exact) mass is 500 g/mol. The molecule has 9 heteroatoms. The molecule has 0 bridgehead atoms. The first kappa shape index (κ1) is 23.2. The second-order valence-corrected chi connectivity index (χ2v) is 10.6. The number of hydroxylamine groups is 1. The van der Waals surface area contributed by atoms with Crippen LogP contribution in [-0.4, -0.2) is 48.5 Å². The van der Waals surface area contributed by atoms with Gasteiger partial charge in [0.05, 0.1) is 27.6 Å². The van der Waals surface area contributed by atoms with Crippen molar-refractivity contribution in [2.45, 2.75) is 50.7 Å². The van der Waals surface area contributed by atoms with Crippen LogP contribution in [0.5, 0.6) is 5.75 Å². The van der Waals surface area contributed by atoms with E-state index < -0.39 is 0 Å². The fraction of sp³-hybridized carbons (Fsp3) is 0.440. The molecular formula is C25H29ClN4O3S. The lowest BCUT2D eigenvalue weighted by Gasteiger charge is -2.21. The molecule has 7 nitrogen and oxygen atoms in total. The van der Waals surface area contributed by atoms with E-state index in [0.717, 1.165) is 61.3 Å². The summed E-state index contributed by atoms with van der Waals surface area (Å²) < 4.78 is 7.02. The summed E-state index contributed by atoms with van der Waals surface area (Å²) in [5, 5.41) is 11.5. The third-order valence-corrected chi connectivity index (χ3v) is 7.73. The zero-order valence-corrected chi connectivity index (χ0v) is 20.5. The van der Waals surface area contributed by atoms with Gasteiger partial charge < -0.3 is 15.0 Å². The third-order valence-electron chi connectivity index (χ3n) is 6.50. The van der Waals surface area contributed by atoms with Gasteiger partial charge in [0.25, 0.3) is 5.91 Å². The fourth-order valence-electron chi connectivity index (χ4n) is 4.65. The number of halogens is 1. The number of hydrogen-bond acceptors (Lipinski definition) is 6. The van der Waals surface area contributed by atoms with Crippen molar-refractivity contribution >= 4 is 40.4 Å². The number of amides is 1. The molecule has 1 saturated heterocycles. The Bertz CT molecular complexity index is 1090.